The van der Waals surface area contributed by atoms with Crippen LogP contribution in [0.5, 0.6) is 0 Å². The highest BCUT2D eigenvalue weighted by Gasteiger charge is 2.44. The first-order valence-electron chi connectivity index (χ1n) is 7.92. The molecule has 1 aromatic carbocycles. The number of amides is 1. The van der Waals surface area contributed by atoms with Crippen molar-refractivity contribution in [3.05, 3.63) is 34.3 Å². The van der Waals surface area contributed by atoms with E-state index in [0.717, 1.165) is 42.1 Å². The highest BCUT2D eigenvalue weighted by atomic mass is 79.9. The first kappa shape index (κ1) is 15.8. The van der Waals surface area contributed by atoms with Gasteiger partial charge in [0, 0.05) is 17.4 Å². The smallest absolute Gasteiger partial charge is 0.410 e. The lowest BCUT2D eigenvalue weighted by Crippen LogP contribution is -2.52. The minimum absolute atomic E-state index is 0.00660. The van der Waals surface area contributed by atoms with E-state index in [2.05, 4.69) is 15.9 Å². The minimum atomic E-state index is -0.341. The Hall–Kier alpha value is -1.07. The van der Waals surface area contributed by atoms with Gasteiger partial charge in [-0.2, -0.15) is 0 Å². The predicted octanol–water partition coefficient (Wildman–Crippen LogP) is 4.03. The summed E-state index contributed by atoms with van der Waals surface area (Å²) in [5.74, 6) is 0. The SMILES string of the molecule is C[C@@H](c1ccc(Br)cc1)N1CCC2(CCC(O)CC2)OC1=O. The molecule has 1 saturated heterocycles. The van der Waals surface area contributed by atoms with Crippen LogP contribution < -0.4 is 0 Å². The molecule has 3 rings (SSSR count). The van der Waals surface area contributed by atoms with Gasteiger partial charge in [-0.15, -0.1) is 0 Å². The van der Waals surface area contributed by atoms with Crippen molar-refractivity contribution in [1.82, 2.24) is 4.90 Å². The van der Waals surface area contributed by atoms with Crippen molar-refractivity contribution < 1.29 is 14.6 Å². The minimum Gasteiger partial charge on any atom is -0.443 e. The predicted molar refractivity (Wildman–Crippen MR) is 87.6 cm³/mol. The van der Waals surface area contributed by atoms with Gasteiger partial charge in [0.05, 0.1) is 12.1 Å². The second-order valence-corrected chi connectivity index (χ2v) is 7.37. The summed E-state index contributed by atoms with van der Waals surface area (Å²) in [4.78, 5) is 14.3. The number of hydrogen-bond acceptors (Lipinski definition) is 3. The second-order valence-electron chi connectivity index (χ2n) is 6.45. The van der Waals surface area contributed by atoms with Gasteiger partial charge in [-0.1, -0.05) is 28.1 Å². The fourth-order valence-electron chi connectivity index (χ4n) is 3.46. The molecule has 22 heavy (non-hydrogen) atoms. The van der Waals surface area contributed by atoms with Crippen molar-refractivity contribution in [2.75, 3.05) is 6.54 Å². The zero-order valence-electron chi connectivity index (χ0n) is 12.8. The molecule has 1 amide bonds. The Bertz CT molecular complexity index is 537. The van der Waals surface area contributed by atoms with Gasteiger partial charge in [-0.05, 0) is 50.3 Å². The van der Waals surface area contributed by atoms with Crippen molar-refractivity contribution in [1.29, 1.82) is 0 Å². The molecule has 0 unspecified atom stereocenters. The molecule has 0 radical (unpaired) electrons. The van der Waals surface area contributed by atoms with Crippen LogP contribution in [0.15, 0.2) is 28.7 Å². The summed E-state index contributed by atoms with van der Waals surface area (Å²) < 4.78 is 6.84. The standard InChI is InChI=1S/C17H22BrNO3/c1-12(13-2-4-14(18)5-3-13)19-11-10-17(22-16(19)21)8-6-15(20)7-9-17/h2-5,12,15,20H,6-11H2,1H3/t12-,15?,17?/m0/s1. The molecule has 1 N–H and O–H groups in total. The number of carbonyl (C=O) groups is 1. The van der Waals surface area contributed by atoms with Crippen LogP contribution >= 0.6 is 15.9 Å². The number of hydrogen-bond donors (Lipinski definition) is 1. The van der Waals surface area contributed by atoms with Gasteiger partial charge in [-0.25, -0.2) is 4.79 Å². The molecule has 1 aliphatic carbocycles. The zero-order chi connectivity index (χ0) is 15.7. The van der Waals surface area contributed by atoms with E-state index in [1.54, 1.807) is 4.90 Å². The third-order valence-corrected chi connectivity index (χ3v) is 5.56. The number of aliphatic hydroxyl groups is 1. The third kappa shape index (κ3) is 3.15. The zero-order valence-corrected chi connectivity index (χ0v) is 14.4. The van der Waals surface area contributed by atoms with E-state index in [-0.39, 0.29) is 23.8 Å². The van der Waals surface area contributed by atoms with Crippen LogP contribution in [-0.2, 0) is 4.74 Å². The molecule has 1 saturated carbocycles. The van der Waals surface area contributed by atoms with Crippen LogP contribution in [0, 0.1) is 0 Å². The lowest BCUT2D eigenvalue weighted by molar-refractivity contribution is -0.0908. The quantitative estimate of drug-likeness (QED) is 0.858. The molecule has 1 heterocycles. The molecular formula is C17H22BrNO3. The van der Waals surface area contributed by atoms with Gasteiger partial charge in [0.25, 0.3) is 0 Å². The lowest BCUT2D eigenvalue weighted by atomic mass is 9.80. The Balaban J connectivity index is 1.68. The molecule has 1 atom stereocenters. The Kier molecular flexibility index (Phi) is 4.46. The van der Waals surface area contributed by atoms with Crippen molar-refractivity contribution in [3.63, 3.8) is 0 Å². The Morgan fingerprint density at radius 1 is 1.27 bits per heavy atom. The molecule has 2 fully saturated rings. The normalized spacial score (nSPS) is 30.2. The Morgan fingerprint density at radius 3 is 2.50 bits per heavy atom. The highest BCUT2D eigenvalue weighted by molar-refractivity contribution is 9.10. The topological polar surface area (TPSA) is 49.8 Å². The van der Waals surface area contributed by atoms with Crippen LogP contribution in [0.4, 0.5) is 4.79 Å². The maximum Gasteiger partial charge on any atom is 0.410 e. The summed E-state index contributed by atoms with van der Waals surface area (Å²) in [6.45, 7) is 2.75. The van der Waals surface area contributed by atoms with Crippen molar-refractivity contribution >= 4 is 22.0 Å². The van der Waals surface area contributed by atoms with Gasteiger partial charge >= 0.3 is 6.09 Å². The largest absolute Gasteiger partial charge is 0.443 e. The van der Waals surface area contributed by atoms with E-state index in [0.29, 0.717) is 6.54 Å². The fraction of sp³-hybridized carbons (Fsp3) is 0.588. The van der Waals surface area contributed by atoms with Gasteiger partial charge in [0.15, 0.2) is 0 Å². The number of rotatable bonds is 2. The number of carbonyl (C=O) groups excluding carboxylic acids is 1. The number of aliphatic hydroxyl groups excluding tert-OH is 1. The number of benzene rings is 1. The summed E-state index contributed by atoms with van der Waals surface area (Å²) >= 11 is 3.43. The maximum atomic E-state index is 12.5. The van der Waals surface area contributed by atoms with E-state index in [4.69, 9.17) is 4.74 Å². The van der Waals surface area contributed by atoms with E-state index in [9.17, 15) is 9.90 Å². The molecule has 2 aliphatic rings. The summed E-state index contributed by atoms with van der Waals surface area (Å²) in [6, 6.07) is 8.05. The molecule has 0 bridgehead atoms. The van der Waals surface area contributed by atoms with Gasteiger partial charge < -0.3 is 14.7 Å². The molecule has 1 aromatic rings. The second kappa shape index (κ2) is 6.20. The van der Waals surface area contributed by atoms with Crippen molar-refractivity contribution in [3.8, 4) is 0 Å². The fourth-order valence-corrected chi connectivity index (χ4v) is 3.73. The van der Waals surface area contributed by atoms with E-state index < -0.39 is 0 Å². The van der Waals surface area contributed by atoms with Crippen LogP contribution in [0.3, 0.4) is 0 Å². The molecular weight excluding hydrogens is 346 g/mol. The molecule has 1 aliphatic heterocycles. The molecule has 120 valence electrons. The van der Waals surface area contributed by atoms with Crippen molar-refractivity contribution in [2.45, 2.75) is 56.8 Å². The van der Waals surface area contributed by atoms with Gasteiger partial charge in [0.2, 0.25) is 0 Å². The van der Waals surface area contributed by atoms with E-state index in [1.807, 2.05) is 31.2 Å². The van der Waals surface area contributed by atoms with Crippen LogP contribution in [-0.4, -0.2) is 34.3 Å². The average Bonchev–Trinajstić information content (AvgIpc) is 2.51. The maximum absolute atomic E-state index is 12.5. The van der Waals surface area contributed by atoms with Gasteiger partial charge in [0.1, 0.15) is 5.60 Å². The molecule has 4 nitrogen and oxygen atoms in total. The summed E-state index contributed by atoms with van der Waals surface area (Å²) in [6.07, 6.45) is 3.42. The summed E-state index contributed by atoms with van der Waals surface area (Å²) in [7, 11) is 0. The van der Waals surface area contributed by atoms with Gasteiger partial charge in [-0.3, -0.25) is 0 Å². The Morgan fingerprint density at radius 2 is 1.91 bits per heavy atom. The Labute approximate surface area is 139 Å². The van der Waals surface area contributed by atoms with Crippen molar-refractivity contribution in [2.24, 2.45) is 0 Å². The van der Waals surface area contributed by atoms with Crippen LogP contribution in [0.2, 0.25) is 0 Å². The van der Waals surface area contributed by atoms with E-state index >= 15 is 0 Å². The molecule has 1 spiro atoms. The number of nitrogens with zero attached hydrogens (tertiary/aromatic N) is 1. The lowest BCUT2D eigenvalue weighted by Gasteiger charge is -2.45. The summed E-state index contributed by atoms with van der Waals surface area (Å²) in [5.41, 5.74) is 0.766. The highest BCUT2D eigenvalue weighted by Crippen LogP contribution is 2.39. The van der Waals surface area contributed by atoms with Crippen LogP contribution in [0.1, 0.15) is 50.6 Å². The van der Waals surface area contributed by atoms with E-state index in [1.165, 1.54) is 0 Å². The number of ether oxygens (including phenoxy) is 1. The monoisotopic (exact) mass is 367 g/mol. The third-order valence-electron chi connectivity index (χ3n) is 5.03. The first-order chi connectivity index (χ1) is 10.5. The first-order valence-corrected chi connectivity index (χ1v) is 8.72. The molecule has 0 aromatic heterocycles. The van der Waals surface area contributed by atoms with Crippen LogP contribution in [0.25, 0.3) is 0 Å². The average molecular weight is 368 g/mol. The number of halogens is 1. The molecule has 5 heteroatoms. The summed E-state index contributed by atoms with van der Waals surface area (Å²) in [5, 5.41) is 9.65.